The number of carbonyl (C=O) groups excluding carboxylic acids is 2. The van der Waals surface area contributed by atoms with Crippen LogP contribution in [0.2, 0.25) is 0 Å². The predicted octanol–water partition coefficient (Wildman–Crippen LogP) is 2.11. The standard InChI is InChI=1S/C17H22N4O3/c1-10(2)15-20-14(24-21-15)7-8-18-16(22)17(23)19-13-9-11(3)5-6-12(13)4/h5-6,9-10H,7-8H2,1-4H3,(H,18,22)(H,19,23). The highest BCUT2D eigenvalue weighted by molar-refractivity contribution is 6.39. The van der Waals surface area contributed by atoms with E-state index < -0.39 is 11.8 Å². The first-order chi connectivity index (χ1) is 11.4. The monoisotopic (exact) mass is 330 g/mol. The Kier molecular flexibility index (Phi) is 5.68. The molecule has 128 valence electrons. The summed E-state index contributed by atoms with van der Waals surface area (Å²) in [6.07, 6.45) is 0.377. The number of aromatic nitrogens is 2. The fraction of sp³-hybridized carbons (Fsp3) is 0.412. The molecular formula is C17H22N4O3. The Bertz CT molecular complexity index is 737. The maximum absolute atomic E-state index is 11.9. The zero-order chi connectivity index (χ0) is 17.7. The fourth-order valence-electron chi connectivity index (χ4n) is 2.02. The molecule has 2 rings (SSSR count). The van der Waals surface area contributed by atoms with Crippen LogP contribution in [0.25, 0.3) is 0 Å². The van der Waals surface area contributed by atoms with E-state index in [2.05, 4.69) is 20.8 Å². The van der Waals surface area contributed by atoms with Crippen molar-refractivity contribution in [2.75, 3.05) is 11.9 Å². The second-order valence-corrected chi connectivity index (χ2v) is 5.98. The van der Waals surface area contributed by atoms with Gasteiger partial charge in [0.05, 0.1) is 0 Å². The van der Waals surface area contributed by atoms with Crippen molar-refractivity contribution in [2.45, 2.75) is 40.0 Å². The van der Waals surface area contributed by atoms with Gasteiger partial charge in [-0.05, 0) is 31.0 Å². The summed E-state index contributed by atoms with van der Waals surface area (Å²) >= 11 is 0. The lowest BCUT2D eigenvalue weighted by Crippen LogP contribution is -2.36. The van der Waals surface area contributed by atoms with Gasteiger partial charge in [0.2, 0.25) is 5.89 Å². The summed E-state index contributed by atoms with van der Waals surface area (Å²) in [6, 6.07) is 5.66. The van der Waals surface area contributed by atoms with Crippen LogP contribution in [0, 0.1) is 13.8 Å². The van der Waals surface area contributed by atoms with Crippen LogP contribution in [0.15, 0.2) is 22.7 Å². The maximum Gasteiger partial charge on any atom is 0.313 e. The number of anilines is 1. The highest BCUT2D eigenvalue weighted by atomic mass is 16.5. The SMILES string of the molecule is Cc1ccc(C)c(NC(=O)C(=O)NCCc2nc(C(C)C)no2)c1. The van der Waals surface area contributed by atoms with Gasteiger partial charge in [-0.3, -0.25) is 9.59 Å². The van der Waals surface area contributed by atoms with Crippen LogP contribution >= 0.6 is 0 Å². The number of rotatable bonds is 5. The third-order valence-electron chi connectivity index (χ3n) is 3.47. The molecule has 1 aromatic heterocycles. The van der Waals surface area contributed by atoms with Crippen molar-refractivity contribution in [1.29, 1.82) is 0 Å². The van der Waals surface area contributed by atoms with Gasteiger partial charge in [0.25, 0.3) is 0 Å². The molecule has 0 radical (unpaired) electrons. The summed E-state index contributed by atoms with van der Waals surface area (Å²) in [4.78, 5) is 28.0. The molecule has 2 aromatic rings. The fourth-order valence-corrected chi connectivity index (χ4v) is 2.02. The summed E-state index contributed by atoms with van der Waals surface area (Å²) in [7, 11) is 0. The predicted molar refractivity (Wildman–Crippen MR) is 89.6 cm³/mol. The summed E-state index contributed by atoms with van der Waals surface area (Å²) in [5, 5.41) is 9.01. The van der Waals surface area contributed by atoms with E-state index in [-0.39, 0.29) is 12.5 Å². The molecule has 0 spiro atoms. The highest BCUT2D eigenvalue weighted by Crippen LogP contribution is 2.16. The molecule has 0 saturated carbocycles. The Morgan fingerprint density at radius 3 is 2.62 bits per heavy atom. The van der Waals surface area contributed by atoms with Crippen LogP contribution in [0.3, 0.4) is 0 Å². The second-order valence-electron chi connectivity index (χ2n) is 5.98. The maximum atomic E-state index is 11.9. The molecule has 0 unspecified atom stereocenters. The van der Waals surface area contributed by atoms with Gasteiger partial charge < -0.3 is 15.2 Å². The van der Waals surface area contributed by atoms with E-state index in [4.69, 9.17) is 4.52 Å². The zero-order valence-electron chi connectivity index (χ0n) is 14.3. The zero-order valence-corrected chi connectivity index (χ0v) is 14.3. The number of aryl methyl sites for hydroxylation is 2. The molecule has 0 saturated heterocycles. The van der Waals surface area contributed by atoms with Crippen LogP contribution < -0.4 is 10.6 Å². The van der Waals surface area contributed by atoms with E-state index in [9.17, 15) is 9.59 Å². The number of carbonyl (C=O) groups is 2. The van der Waals surface area contributed by atoms with Crippen molar-refractivity contribution in [1.82, 2.24) is 15.5 Å². The molecule has 0 bridgehead atoms. The van der Waals surface area contributed by atoms with Gasteiger partial charge in [0.1, 0.15) is 0 Å². The lowest BCUT2D eigenvalue weighted by atomic mass is 10.1. The second kappa shape index (κ2) is 7.72. The third-order valence-corrected chi connectivity index (χ3v) is 3.47. The molecule has 7 nitrogen and oxygen atoms in total. The van der Waals surface area contributed by atoms with Crippen molar-refractivity contribution < 1.29 is 14.1 Å². The van der Waals surface area contributed by atoms with E-state index in [1.54, 1.807) is 0 Å². The molecule has 7 heteroatoms. The minimum Gasteiger partial charge on any atom is -0.347 e. The van der Waals surface area contributed by atoms with E-state index in [1.807, 2.05) is 45.9 Å². The third kappa shape index (κ3) is 4.65. The van der Waals surface area contributed by atoms with Crippen LogP contribution in [-0.4, -0.2) is 28.5 Å². The average molecular weight is 330 g/mol. The molecule has 0 aliphatic rings. The molecule has 1 aromatic carbocycles. The van der Waals surface area contributed by atoms with Gasteiger partial charge in [-0.25, -0.2) is 0 Å². The van der Waals surface area contributed by atoms with Gasteiger partial charge >= 0.3 is 11.8 Å². The first-order valence-electron chi connectivity index (χ1n) is 7.85. The minimum absolute atomic E-state index is 0.181. The van der Waals surface area contributed by atoms with E-state index >= 15 is 0 Å². The van der Waals surface area contributed by atoms with Gasteiger partial charge in [-0.15, -0.1) is 0 Å². The van der Waals surface area contributed by atoms with Gasteiger partial charge in [0, 0.05) is 24.6 Å². The molecular weight excluding hydrogens is 308 g/mol. The Morgan fingerprint density at radius 1 is 1.21 bits per heavy atom. The normalized spacial score (nSPS) is 10.7. The Balaban J connectivity index is 1.83. The molecule has 24 heavy (non-hydrogen) atoms. The van der Waals surface area contributed by atoms with Crippen molar-refractivity contribution in [2.24, 2.45) is 0 Å². The van der Waals surface area contributed by atoms with Gasteiger partial charge in [-0.1, -0.05) is 31.1 Å². The molecule has 0 aliphatic carbocycles. The van der Waals surface area contributed by atoms with Crippen molar-refractivity contribution in [3.63, 3.8) is 0 Å². The largest absolute Gasteiger partial charge is 0.347 e. The summed E-state index contributed by atoms with van der Waals surface area (Å²) in [5.74, 6) is -0.144. The summed E-state index contributed by atoms with van der Waals surface area (Å²) < 4.78 is 5.08. The van der Waals surface area contributed by atoms with Gasteiger partial charge in [0.15, 0.2) is 5.82 Å². The van der Waals surface area contributed by atoms with E-state index in [1.165, 1.54) is 0 Å². The number of hydrogen-bond acceptors (Lipinski definition) is 5. The number of hydrogen-bond donors (Lipinski definition) is 2. The van der Waals surface area contributed by atoms with Crippen LogP contribution in [0.5, 0.6) is 0 Å². The minimum atomic E-state index is -0.697. The van der Waals surface area contributed by atoms with Crippen LogP contribution in [0.4, 0.5) is 5.69 Å². The number of amides is 2. The van der Waals surface area contributed by atoms with Crippen molar-refractivity contribution in [3.05, 3.63) is 41.0 Å². The van der Waals surface area contributed by atoms with Crippen molar-refractivity contribution in [3.8, 4) is 0 Å². The summed E-state index contributed by atoms with van der Waals surface area (Å²) in [5.41, 5.74) is 2.54. The summed E-state index contributed by atoms with van der Waals surface area (Å²) in [6.45, 7) is 7.97. The van der Waals surface area contributed by atoms with Gasteiger partial charge in [-0.2, -0.15) is 4.98 Å². The lowest BCUT2D eigenvalue weighted by molar-refractivity contribution is -0.136. The molecule has 2 N–H and O–H groups in total. The van der Waals surface area contributed by atoms with Crippen LogP contribution in [0.1, 0.15) is 42.6 Å². The Morgan fingerprint density at radius 2 is 1.96 bits per heavy atom. The number of benzene rings is 1. The average Bonchev–Trinajstić information content (AvgIpc) is 3.00. The Labute approximate surface area is 140 Å². The topological polar surface area (TPSA) is 97.1 Å². The van der Waals surface area contributed by atoms with Crippen LogP contribution in [-0.2, 0) is 16.0 Å². The van der Waals surface area contributed by atoms with E-state index in [0.29, 0.717) is 23.8 Å². The van der Waals surface area contributed by atoms with E-state index in [0.717, 1.165) is 11.1 Å². The quantitative estimate of drug-likeness (QED) is 0.818. The molecule has 0 aliphatic heterocycles. The molecule has 0 atom stereocenters. The molecule has 1 heterocycles. The smallest absolute Gasteiger partial charge is 0.313 e. The first kappa shape index (κ1) is 17.7. The Hall–Kier alpha value is -2.70. The number of nitrogens with one attached hydrogen (secondary N) is 2. The number of nitrogens with zero attached hydrogens (tertiary/aromatic N) is 2. The molecule has 2 amide bonds. The lowest BCUT2D eigenvalue weighted by Gasteiger charge is -2.09. The molecule has 0 fully saturated rings. The van der Waals surface area contributed by atoms with Crippen molar-refractivity contribution >= 4 is 17.5 Å². The first-order valence-corrected chi connectivity index (χ1v) is 7.85. The highest BCUT2D eigenvalue weighted by Gasteiger charge is 2.15.